The molecule has 0 aliphatic carbocycles. The first-order valence-corrected chi connectivity index (χ1v) is 4.69. The number of carboxylic acid groups (broad SMARTS) is 1. The smallest absolute Gasteiger partial charge is 0.322 e. The Bertz CT molecular complexity index is 162. The highest BCUT2D eigenvalue weighted by Gasteiger charge is 2.23. The van der Waals surface area contributed by atoms with Crippen molar-refractivity contribution in [3.05, 3.63) is 0 Å². The van der Waals surface area contributed by atoms with Crippen LogP contribution in [0.25, 0.3) is 0 Å². The first kappa shape index (κ1) is 12.4. The Kier molecular flexibility index (Phi) is 5.66. The van der Waals surface area contributed by atoms with Crippen molar-refractivity contribution in [1.82, 2.24) is 4.90 Å². The standard InChI is InChI=1S/C9H20N2O2/c1-4-5-7(2)11(3)8(6-10)9(12)13/h7-8H,4-6,10H2,1-3H3,(H,12,13). The van der Waals surface area contributed by atoms with Crippen LogP contribution in [0, 0.1) is 0 Å². The third kappa shape index (κ3) is 3.74. The number of carboxylic acids is 1. The Balaban J connectivity index is 4.18. The molecule has 13 heavy (non-hydrogen) atoms. The van der Waals surface area contributed by atoms with E-state index in [2.05, 4.69) is 6.92 Å². The molecule has 2 atom stereocenters. The molecule has 0 radical (unpaired) electrons. The van der Waals surface area contributed by atoms with Gasteiger partial charge in [-0.05, 0) is 20.4 Å². The van der Waals surface area contributed by atoms with Crippen molar-refractivity contribution < 1.29 is 9.90 Å². The van der Waals surface area contributed by atoms with Crippen LogP contribution in [0.4, 0.5) is 0 Å². The van der Waals surface area contributed by atoms with Crippen LogP contribution >= 0.6 is 0 Å². The van der Waals surface area contributed by atoms with Gasteiger partial charge in [0.15, 0.2) is 0 Å². The zero-order valence-corrected chi connectivity index (χ0v) is 8.66. The molecule has 0 aromatic rings. The van der Waals surface area contributed by atoms with E-state index in [-0.39, 0.29) is 12.6 Å². The molecule has 0 aliphatic heterocycles. The Hall–Kier alpha value is -0.610. The molecule has 4 heteroatoms. The van der Waals surface area contributed by atoms with Gasteiger partial charge in [0.25, 0.3) is 0 Å². The fourth-order valence-electron chi connectivity index (χ4n) is 1.37. The molecule has 78 valence electrons. The van der Waals surface area contributed by atoms with Crippen LogP contribution in [0.2, 0.25) is 0 Å². The zero-order valence-electron chi connectivity index (χ0n) is 8.66. The average Bonchev–Trinajstić information content (AvgIpc) is 2.05. The van der Waals surface area contributed by atoms with E-state index >= 15 is 0 Å². The second kappa shape index (κ2) is 5.94. The third-order valence-electron chi connectivity index (χ3n) is 2.40. The minimum Gasteiger partial charge on any atom is -0.480 e. The van der Waals surface area contributed by atoms with Gasteiger partial charge in [-0.2, -0.15) is 0 Å². The molecule has 0 rings (SSSR count). The quantitative estimate of drug-likeness (QED) is 0.637. The summed E-state index contributed by atoms with van der Waals surface area (Å²) < 4.78 is 0. The predicted molar refractivity (Wildman–Crippen MR) is 52.6 cm³/mol. The second-order valence-corrected chi connectivity index (χ2v) is 3.39. The van der Waals surface area contributed by atoms with Crippen molar-refractivity contribution in [2.45, 2.75) is 38.8 Å². The average molecular weight is 188 g/mol. The van der Waals surface area contributed by atoms with Crippen LogP contribution < -0.4 is 5.73 Å². The van der Waals surface area contributed by atoms with Gasteiger partial charge in [-0.1, -0.05) is 13.3 Å². The highest BCUT2D eigenvalue weighted by Crippen LogP contribution is 2.07. The van der Waals surface area contributed by atoms with Crippen LogP contribution in [0.3, 0.4) is 0 Å². The molecule has 4 nitrogen and oxygen atoms in total. The number of carbonyl (C=O) groups is 1. The summed E-state index contributed by atoms with van der Waals surface area (Å²) in [5, 5.41) is 8.84. The van der Waals surface area contributed by atoms with Crippen LogP contribution in [0.15, 0.2) is 0 Å². The van der Waals surface area contributed by atoms with Crippen molar-refractivity contribution in [2.75, 3.05) is 13.6 Å². The van der Waals surface area contributed by atoms with Gasteiger partial charge in [-0.15, -0.1) is 0 Å². The maximum absolute atomic E-state index is 10.8. The van der Waals surface area contributed by atoms with Crippen molar-refractivity contribution in [3.8, 4) is 0 Å². The number of nitrogens with two attached hydrogens (primary N) is 1. The van der Waals surface area contributed by atoms with E-state index in [9.17, 15) is 4.79 Å². The zero-order chi connectivity index (χ0) is 10.4. The molecule has 0 aromatic carbocycles. The first-order valence-electron chi connectivity index (χ1n) is 4.69. The Morgan fingerprint density at radius 1 is 1.62 bits per heavy atom. The summed E-state index contributed by atoms with van der Waals surface area (Å²) in [5.74, 6) is -0.840. The largest absolute Gasteiger partial charge is 0.480 e. The molecule has 0 fully saturated rings. The number of aliphatic carboxylic acids is 1. The third-order valence-corrected chi connectivity index (χ3v) is 2.40. The SMILES string of the molecule is CCCC(C)N(C)C(CN)C(=O)O. The molecule has 0 heterocycles. The Morgan fingerprint density at radius 3 is 2.46 bits per heavy atom. The predicted octanol–water partition coefficient (Wildman–Crippen LogP) is 0.519. The highest BCUT2D eigenvalue weighted by atomic mass is 16.4. The lowest BCUT2D eigenvalue weighted by molar-refractivity contribution is -0.143. The molecule has 2 unspecified atom stereocenters. The van der Waals surface area contributed by atoms with E-state index in [1.165, 1.54) is 0 Å². The van der Waals surface area contributed by atoms with E-state index in [4.69, 9.17) is 10.8 Å². The van der Waals surface area contributed by atoms with Crippen molar-refractivity contribution in [2.24, 2.45) is 5.73 Å². The van der Waals surface area contributed by atoms with Crippen LogP contribution in [-0.2, 0) is 4.79 Å². The summed E-state index contributed by atoms with van der Waals surface area (Å²) >= 11 is 0. The molecule has 3 N–H and O–H groups in total. The maximum Gasteiger partial charge on any atom is 0.322 e. The van der Waals surface area contributed by atoms with Crippen LogP contribution in [0.5, 0.6) is 0 Å². The van der Waals surface area contributed by atoms with Gasteiger partial charge in [0, 0.05) is 12.6 Å². The van der Waals surface area contributed by atoms with Crippen molar-refractivity contribution >= 4 is 5.97 Å². The molecule has 0 saturated heterocycles. The number of hydrogen-bond donors (Lipinski definition) is 2. The summed E-state index contributed by atoms with van der Waals surface area (Å²) in [6, 6.07) is -0.281. The lowest BCUT2D eigenvalue weighted by Gasteiger charge is -2.29. The summed E-state index contributed by atoms with van der Waals surface area (Å²) in [6.45, 7) is 4.28. The van der Waals surface area contributed by atoms with Gasteiger partial charge in [-0.3, -0.25) is 9.69 Å². The molecule has 0 saturated carbocycles. The molecule has 0 bridgehead atoms. The summed E-state index contributed by atoms with van der Waals surface area (Å²) in [5.41, 5.74) is 5.39. The van der Waals surface area contributed by atoms with E-state index in [1.54, 1.807) is 0 Å². The number of hydrogen-bond acceptors (Lipinski definition) is 3. The van der Waals surface area contributed by atoms with Gasteiger partial charge in [0.2, 0.25) is 0 Å². The molecule has 0 amide bonds. The fourth-order valence-corrected chi connectivity index (χ4v) is 1.37. The van der Waals surface area contributed by atoms with Gasteiger partial charge < -0.3 is 10.8 Å². The van der Waals surface area contributed by atoms with Crippen molar-refractivity contribution in [3.63, 3.8) is 0 Å². The van der Waals surface area contributed by atoms with Gasteiger partial charge in [0.05, 0.1) is 0 Å². The first-order chi connectivity index (χ1) is 6.04. The Morgan fingerprint density at radius 2 is 2.15 bits per heavy atom. The molecular weight excluding hydrogens is 168 g/mol. The lowest BCUT2D eigenvalue weighted by Crippen LogP contribution is -2.47. The second-order valence-electron chi connectivity index (χ2n) is 3.39. The van der Waals surface area contributed by atoms with Crippen LogP contribution in [0.1, 0.15) is 26.7 Å². The lowest BCUT2D eigenvalue weighted by atomic mass is 10.1. The minimum absolute atomic E-state index is 0.167. The summed E-state index contributed by atoms with van der Waals surface area (Å²) in [4.78, 5) is 12.6. The van der Waals surface area contributed by atoms with Crippen LogP contribution in [-0.4, -0.2) is 41.7 Å². The van der Waals surface area contributed by atoms with Gasteiger partial charge >= 0.3 is 5.97 Å². The molecular formula is C9H20N2O2. The van der Waals surface area contributed by atoms with E-state index in [0.29, 0.717) is 0 Å². The molecule has 0 aliphatic rings. The highest BCUT2D eigenvalue weighted by molar-refractivity contribution is 5.73. The van der Waals surface area contributed by atoms with Gasteiger partial charge in [0.1, 0.15) is 6.04 Å². The number of nitrogens with zero attached hydrogens (tertiary/aromatic N) is 1. The maximum atomic E-state index is 10.8. The summed E-state index contributed by atoms with van der Waals surface area (Å²) in [6.07, 6.45) is 2.06. The van der Waals surface area contributed by atoms with Crippen molar-refractivity contribution in [1.29, 1.82) is 0 Å². The topological polar surface area (TPSA) is 66.6 Å². The molecule has 0 aromatic heterocycles. The monoisotopic (exact) mass is 188 g/mol. The fraction of sp³-hybridized carbons (Fsp3) is 0.889. The van der Waals surface area contributed by atoms with E-state index in [1.807, 2.05) is 18.9 Å². The number of likely N-dealkylation sites (N-methyl/N-ethyl adjacent to an activating group) is 1. The molecule has 0 spiro atoms. The summed E-state index contributed by atoms with van der Waals surface area (Å²) in [7, 11) is 1.81. The van der Waals surface area contributed by atoms with E-state index < -0.39 is 12.0 Å². The number of rotatable bonds is 6. The minimum atomic E-state index is -0.840. The normalized spacial score (nSPS) is 15.8. The Labute approximate surface area is 79.7 Å². The van der Waals surface area contributed by atoms with E-state index in [0.717, 1.165) is 12.8 Å². The van der Waals surface area contributed by atoms with Gasteiger partial charge in [-0.25, -0.2) is 0 Å².